The molecule has 0 aliphatic carbocycles. The molecule has 7 nitrogen and oxygen atoms in total. The van der Waals surface area contributed by atoms with E-state index in [0.717, 1.165) is 27.7 Å². The summed E-state index contributed by atoms with van der Waals surface area (Å²) in [5, 5.41) is 13.4. The number of halogens is 2. The highest BCUT2D eigenvalue weighted by atomic mass is 35.5. The quantitative estimate of drug-likeness (QED) is 0.340. The number of pyridine rings is 1. The first-order chi connectivity index (χ1) is 16.4. The Balaban J connectivity index is 1.43. The molecule has 0 atom stereocenters. The number of carbonyl (C=O) groups is 1. The van der Waals surface area contributed by atoms with Crippen LogP contribution in [0.4, 0.5) is 5.69 Å². The SMILES string of the molecule is Cc1c(-c2cc(C(=O)Nc3cnn(Cc4ccc(Cl)c(Cl)c4)c3)c3ccccc3n2)cnn1C. The molecule has 5 aromatic rings. The number of benzene rings is 2. The summed E-state index contributed by atoms with van der Waals surface area (Å²) >= 11 is 12.1. The van der Waals surface area contributed by atoms with E-state index in [-0.39, 0.29) is 5.91 Å². The zero-order chi connectivity index (χ0) is 23.8. The number of hydrogen-bond donors (Lipinski definition) is 1. The summed E-state index contributed by atoms with van der Waals surface area (Å²) in [6.07, 6.45) is 5.15. The summed E-state index contributed by atoms with van der Waals surface area (Å²) in [4.78, 5) is 18.1. The summed E-state index contributed by atoms with van der Waals surface area (Å²) in [6, 6.07) is 14.8. The highest BCUT2D eigenvalue weighted by Gasteiger charge is 2.17. The van der Waals surface area contributed by atoms with Gasteiger partial charge in [0.1, 0.15) is 0 Å². The van der Waals surface area contributed by atoms with Gasteiger partial charge in [0.2, 0.25) is 0 Å². The number of aryl methyl sites for hydroxylation is 1. The third kappa shape index (κ3) is 4.27. The lowest BCUT2D eigenvalue weighted by Gasteiger charge is -2.10. The molecule has 170 valence electrons. The summed E-state index contributed by atoms with van der Waals surface area (Å²) in [6.45, 7) is 2.47. The fourth-order valence-electron chi connectivity index (χ4n) is 3.79. The van der Waals surface area contributed by atoms with Gasteiger partial charge in [-0.2, -0.15) is 10.2 Å². The number of para-hydroxylation sites is 1. The summed E-state index contributed by atoms with van der Waals surface area (Å²) in [5.41, 5.74) is 5.36. The van der Waals surface area contributed by atoms with Crippen molar-refractivity contribution in [3.05, 3.63) is 94.0 Å². The number of hydrogen-bond acceptors (Lipinski definition) is 4. The molecule has 3 aromatic heterocycles. The van der Waals surface area contributed by atoms with Gasteiger partial charge in [0.25, 0.3) is 5.91 Å². The maximum atomic E-state index is 13.3. The minimum atomic E-state index is -0.240. The Morgan fingerprint density at radius 1 is 1.03 bits per heavy atom. The number of nitrogens with zero attached hydrogens (tertiary/aromatic N) is 5. The van der Waals surface area contributed by atoms with Crippen LogP contribution in [0.3, 0.4) is 0 Å². The predicted octanol–water partition coefficient (Wildman–Crippen LogP) is 5.75. The molecule has 0 saturated carbocycles. The molecule has 0 unspecified atom stereocenters. The molecular weight excluding hydrogens is 471 g/mol. The highest BCUT2D eigenvalue weighted by Crippen LogP contribution is 2.27. The van der Waals surface area contributed by atoms with E-state index in [4.69, 9.17) is 28.2 Å². The van der Waals surface area contributed by atoms with E-state index in [2.05, 4.69) is 15.5 Å². The van der Waals surface area contributed by atoms with Gasteiger partial charge >= 0.3 is 0 Å². The van der Waals surface area contributed by atoms with Gasteiger partial charge in [-0.05, 0) is 36.8 Å². The second-order valence-corrected chi connectivity index (χ2v) is 8.78. The molecule has 5 rings (SSSR count). The van der Waals surface area contributed by atoms with Crippen molar-refractivity contribution in [3.8, 4) is 11.3 Å². The first-order valence-corrected chi connectivity index (χ1v) is 11.3. The Labute approximate surface area is 205 Å². The monoisotopic (exact) mass is 490 g/mol. The van der Waals surface area contributed by atoms with Crippen molar-refractivity contribution in [1.82, 2.24) is 24.5 Å². The Morgan fingerprint density at radius 2 is 1.85 bits per heavy atom. The van der Waals surface area contributed by atoms with E-state index in [1.165, 1.54) is 0 Å². The van der Waals surface area contributed by atoms with Crippen LogP contribution in [-0.4, -0.2) is 30.5 Å². The standard InChI is InChI=1S/C25H20Cl2N6O/c1-15-20(12-28-32(15)2)24-10-19(18-5-3-4-6-23(18)31-24)25(34)30-17-11-29-33(14-17)13-16-7-8-21(26)22(27)9-16/h3-12,14H,13H2,1-2H3,(H,30,34). The Morgan fingerprint density at radius 3 is 2.62 bits per heavy atom. The lowest BCUT2D eigenvalue weighted by atomic mass is 10.0. The van der Waals surface area contributed by atoms with Crippen LogP contribution >= 0.6 is 23.2 Å². The van der Waals surface area contributed by atoms with Crippen LogP contribution in [0.5, 0.6) is 0 Å². The minimum absolute atomic E-state index is 0.240. The zero-order valence-corrected chi connectivity index (χ0v) is 20.0. The van der Waals surface area contributed by atoms with E-state index >= 15 is 0 Å². The normalized spacial score (nSPS) is 11.2. The molecule has 0 bridgehead atoms. The van der Waals surface area contributed by atoms with Crippen LogP contribution in [0.25, 0.3) is 22.2 Å². The molecule has 0 fully saturated rings. The predicted molar refractivity (Wildman–Crippen MR) is 134 cm³/mol. The number of anilines is 1. The molecule has 0 aliphatic rings. The van der Waals surface area contributed by atoms with Crippen LogP contribution in [0.2, 0.25) is 10.0 Å². The van der Waals surface area contributed by atoms with Crippen molar-refractivity contribution in [2.24, 2.45) is 7.05 Å². The summed E-state index contributed by atoms with van der Waals surface area (Å²) < 4.78 is 3.51. The average molecular weight is 491 g/mol. The number of amides is 1. The molecule has 1 amide bonds. The lowest BCUT2D eigenvalue weighted by Crippen LogP contribution is -2.13. The van der Waals surface area contributed by atoms with Gasteiger partial charge in [-0.1, -0.05) is 47.5 Å². The first-order valence-electron chi connectivity index (χ1n) is 10.6. The van der Waals surface area contributed by atoms with Crippen molar-refractivity contribution in [1.29, 1.82) is 0 Å². The second kappa shape index (κ2) is 8.93. The molecule has 0 saturated heterocycles. The van der Waals surface area contributed by atoms with Crippen molar-refractivity contribution >= 4 is 45.7 Å². The largest absolute Gasteiger partial charge is 0.319 e. The molecule has 0 radical (unpaired) electrons. The van der Waals surface area contributed by atoms with Gasteiger partial charge in [0, 0.05) is 29.9 Å². The second-order valence-electron chi connectivity index (χ2n) is 7.97. The Bertz CT molecular complexity index is 1540. The fourth-order valence-corrected chi connectivity index (χ4v) is 4.11. The van der Waals surface area contributed by atoms with Crippen molar-refractivity contribution in [2.45, 2.75) is 13.5 Å². The Kier molecular flexibility index (Phi) is 5.81. The molecule has 0 spiro atoms. The van der Waals surface area contributed by atoms with E-state index in [0.29, 0.717) is 33.5 Å². The van der Waals surface area contributed by atoms with Gasteiger partial charge in [0.15, 0.2) is 0 Å². The van der Waals surface area contributed by atoms with Crippen molar-refractivity contribution in [3.63, 3.8) is 0 Å². The molecule has 9 heteroatoms. The van der Waals surface area contributed by atoms with E-state index in [9.17, 15) is 4.79 Å². The van der Waals surface area contributed by atoms with Crippen molar-refractivity contribution in [2.75, 3.05) is 5.32 Å². The van der Waals surface area contributed by atoms with Gasteiger partial charge in [-0.15, -0.1) is 0 Å². The average Bonchev–Trinajstić information content (AvgIpc) is 3.41. The maximum Gasteiger partial charge on any atom is 0.256 e. The van der Waals surface area contributed by atoms with Crippen LogP contribution in [0.15, 0.2) is 67.1 Å². The van der Waals surface area contributed by atoms with Crippen molar-refractivity contribution < 1.29 is 4.79 Å². The minimum Gasteiger partial charge on any atom is -0.319 e. The molecule has 3 heterocycles. The molecule has 0 aliphatic heterocycles. The zero-order valence-electron chi connectivity index (χ0n) is 18.5. The van der Waals surface area contributed by atoms with Crippen LogP contribution in [-0.2, 0) is 13.6 Å². The molecule has 34 heavy (non-hydrogen) atoms. The van der Waals surface area contributed by atoms with E-state index in [1.54, 1.807) is 40.1 Å². The number of aromatic nitrogens is 5. The number of nitrogens with one attached hydrogen (secondary N) is 1. The van der Waals surface area contributed by atoms with Crippen LogP contribution in [0, 0.1) is 6.92 Å². The van der Waals surface area contributed by atoms with Gasteiger partial charge in [-0.3, -0.25) is 14.2 Å². The van der Waals surface area contributed by atoms with E-state index < -0.39 is 0 Å². The fraction of sp³-hybridized carbons (Fsp3) is 0.120. The molecule has 1 N–H and O–H groups in total. The van der Waals surface area contributed by atoms with Crippen LogP contribution in [0.1, 0.15) is 21.6 Å². The topological polar surface area (TPSA) is 77.6 Å². The smallest absolute Gasteiger partial charge is 0.256 e. The third-order valence-electron chi connectivity index (χ3n) is 5.69. The number of rotatable bonds is 5. The number of fused-ring (bicyclic) bond motifs is 1. The van der Waals surface area contributed by atoms with Gasteiger partial charge in [-0.25, -0.2) is 4.98 Å². The maximum absolute atomic E-state index is 13.3. The Hall–Kier alpha value is -3.68. The van der Waals surface area contributed by atoms with E-state index in [1.807, 2.05) is 50.4 Å². The highest BCUT2D eigenvalue weighted by molar-refractivity contribution is 6.42. The van der Waals surface area contributed by atoms with Gasteiger partial charge < -0.3 is 5.32 Å². The van der Waals surface area contributed by atoms with Gasteiger partial charge in [0.05, 0.1) is 51.4 Å². The third-order valence-corrected chi connectivity index (χ3v) is 6.43. The molecule has 2 aromatic carbocycles. The van der Waals surface area contributed by atoms with Crippen LogP contribution < -0.4 is 5.32 Å². The first kappa shape index (κ1) is 22.1. The summed E-state index contributed by atoms with van der Waals surface area (Å²) in [7, 11) is 1.88. The number of carbonyl (C=O) groups excluding carboxylic acids is 1. The molecular formula is C25H20Cl2N6O. The summed E-state index contributed by atoms with van der Waals surface area (Å²) in [5.74, 6) is -0.240. The lowest BCUT2D eigenvalue weighted by molar-refractivity contribution is 0.102.